The Balaban J connectivity index is 2.29. The van der Waals surface area contributed by atoms with Crippen molar-refractivity contribution in [1.82, 2.24) is 4.31 Å². The third-order valence-corrected chi connectivity index (χ3v) is 6.55. The van der Waals surface area contributed by atoms with E-state index in [-0.39, 0.29) is 0 Å². The zero-order valence-corrected chi connectivity index (χ0v) is 13.5. The second-order valence-corrected chi connectivity index (χ2v) is 8.11. The van der Waals surface area contributed by atoms with Crippen LogP contribution in [0.3, 0.4) is 0 Å². The van der Waals surface area contributed by atoms with Crippen molar-refractivity contribution in [3.8, 4) is 0 Å². The molecule has 1 aliphatic heterocycles. The van der Waals surface area contributed by atoms with Gasteiger partial charge in [-0.1, -0.05) is 13.8 Å². The summed E-state index contributed by atoms with van der Waals surface area (Å²) in [5.74, 6) is 0.956. The molecule has 2 N–H and O–H groups in total. The van der Waals surface area contributed by atoms with E-state index in [0.717, 1.165) is 6.42 Å². The monoisotopic (exact) mass is 346 g/mol. The predicted molar refractivity (Wildman–Crippen MR) is 80.3 cm³/mol. The molecule has 0 aliphatic carbocycles. The summed E-state index contributed by atoms with van der Waals surface area (Å²) in [7, 11) is -3.42. The number of anilines is 1. The van der Waals surface area contributed by atoms with Crippen LogP contribution in [0.2, 0.25) is 0 Å². The van der Waals surface area contributed by atoms with Crippen LogP contribution in [0.1, 0.15) is 20.3 Å². The SMILES string of the molecule is CC(C)C1CCN(S(=O)(=O)c2ccc(N)cc2Br)C1. The lowest BCUT2D eigenvalue weighted by atomic mass is 9.96. The van der Waals surface area contributed by atoms with Crippen molar-refractivity contribution in [1.29, 1.82) is 0 Å². The molecule has 4 nitrogen and oxygen atoms in total. The van der Waals surface area contributed by atoms with Gasteiger partial charge in [-0.05, 0) is 52.4 Å². The zero-order valence-electron chi connectivity index (χ0n) is 11.1. The minimum Gasteiger partial charge on any atom is -0.399 e. The molecule has 1 unspecified atom stereocenters. The molecule has 1 saturated heterocycles. The number of hydrogen-bond acceptors (Lipinski definition) is 3. The minimum absolute atomic E-state index is 0.297. The first kappa shape index (κ1) is 14.8. The Bertz CT molecular complexity index is 572. The van der Waals surface area contributed by atoms with Gasteiger partial charge in [0.15, 0.2) is 0 Å². The maximum Gasteiger partial charge on any atom is 0.244 e. The first-order chi connectivity index (χ1) is 8.82. The molecule has 106 valence electrons. The van der Waals surface area contributed by atoms with Gasteiger partial charge in [0.2, 0.25) is 10.0 Å². The quantitative estimate of drug-likeness (QED) is 0.855. The fourth-order valence-corrected chi connectivity index (χ4v) is 4.95. The number of nitrogens with two attached hydrogens (primary N) is 1. The van der Waals surface area contributed by atoms with E-state index in [1.165, 1.54) is 0 Å². The number of sulfonamides is 1. The van der Waals surface area contributed by atoms with Gasteiger partial charge in [0, 0.05) is 23.2 Å². The van der Waals surface area contributed by atoms with E-state index in [4.69, 9.17) is 5.73 Å². The molecule has 0 saturated carbocycles. The highest BCUT2D eigenvalue weighted by Gasteiger charge is 2.34. The van der Waals surface area contributed by atoms with E-state index >= 15 is 0 Å². The smallest absolute Gasteiger partial charge is 0.244 e. The molecule has 6 heteroatoms. The fraction of sp³-hybridized carbons (Fsp3) is 0.538. The van der Waals surface area contributed by atoms with E-state index in [1.54, 1.807) is 22.5 Å². The molecule has 1 atom stereocenters. The number of nitrogens with zero attached hydrogens (tertiary/aromatic N) is 1. The van der Waals surface area contributed by atoms with Crippen LogP contribution in [0.5, 0.6) is 0 Å². The van der Waals surface area contributed by atoms with Crippen molar-refractivity contribution < 1.29 is 8.42 Å². The molecule has 0 radical (unpaired) electrons. The molecule has 0 spiro atoms. The van der Waals surface area contributed by atoms with Crippen LogP contribution in [0.15, 0.2) is 27.6 Å². The van der Waals surface area contributed by atoms with Crippen molar-refractivity contribution in [2.45, 2.75) is 25.2 Å². The molecule has 1 aliphatic rings. The standard InChI is InChI=1S/C13H19BrN2O2S/c1-9(2)10-5-6-16(8-10)19(17,18)13-4-3-11(15)7-12(13)14/h3-4,7,9-10H,5-6,8,15H2,1-2H3. The van der Waals surface area contributed by atoms with Crippen LogP contribution < -0.4 is 5.73 Å². The van der Waals surface area contributed by atoms with Gasteiger partial charge in [-0.3, -0.25) is 0 Å². The van der Waals surface area contributed by atoms with Crippen LogP contribution >= 0.6 is 15.9 Å². The third-order valence-electron chi connectivity index (χ3n) is 3.70. The summed E-state index contributed by atoms with van der Waals surface area (Å²) in [5.41, 5.74) is 6.20. The Morgan fingerprint density at radius 1 is 1.42 bits per heavy atom. The Morgan fingerprint density at radius 2 is 2.11 bits per heavy atom. The maximum absolute atomic E-state index is 12.6. The van der Waals surface area contributed by atoms with Gasteiger partial charge in [0.05, 0.1) is 4.90 Å². The van der Waals surface area contributed by atoms with E-state index in [1.807, 2.05) is 0 Å². The third kappa shape index (κ3) is 2.95. The van der Waals surface area contributed by atoms with Crippen LogP contribution in [-0.4, -0.2) is 25.8 Å². The van der Waals surface area contributed by atoms with Gasteiger partial charge in [-0.25, -0.2) is 8.42 Å². The average Bonchev–Trinajstić information content (AvgIpc) is 2.78. The summed E-state index contributed by atoms with van der Waals surface area (Å²) in [4.78, 5) is 0.297. The topological polar surface area (TPSA) is 63.4 Å². The lowest BCUT2D eigenvalue weighted by Crippen LogP contribution is -2.29. The number of halogens is 1. The summed E-state index contributed by atoms with van der Waals surface area (Å²) >= 11 is 3.29. The van der Waals surface area contributed by atoms with Gasteiger partial charge in [0.1, 0.15) is 0 Å². The van der Waals surface area contributed by atoms with E-state index in [2.05, 4.69) is 29.8 Å². The van der Waals surface area contributed by atoms with Crippen LogP contribution in [-0.2, 0) is 10.0 Å². The van der Waals surface area contributed by atoms with Crippen molar-refractivity contribution in [3.63, 3.8) is 0 Å². The van der Waals surface area contributed by atoms with Gasteiger partial charge < -0.3 is 5.73 Å². The van der Waals surface area contributed by atoms with Crippen molar-refractivity contribution in [3.05, 3.63) is 22.7 Å². The lowest BCUT2D eigenvalue weighted by Gasteiger charge is -2.19. The maximum atomic E-state index is 12.6. The molecule has 0 bridgehead atoms. The van der Waals surface area contributed by atoms with Crippen LogP contribution in [0.25, 0.3) is 0 Å². The van der Waals surface area contributed by atoms with Crippen molar-refractivity contribution in [2.24, 2.45) is 11.8 Å². The molecular weight excluding hydrogens is 328 g/mol. The fourth-order valence-electron chi connectivity index (χ4n) is 2.38. The van der Waals surface area contributed by atoms with Gasteiger partial charge in [-0.15, -0.1) is 0 Å². The van der Waals surface area contributed by atoms with Crippen molar-refractivity contribution in [2.75, 3.05) is 18.8 Å². The first-order valence-electron chi connectivity index (χ1n) is 6.37. The minimum atomic E-state index is -3.42. The molecule has 0 aromatic heterocycles. The summed E-state index contributed by atoms with van der Waals surface area (Å²) in [6, 6.07) is 4.81. The second kappa shape index (κ2) is 5.42. The van der Waals surface area contributed by atoms with Crippen molar-refractivity contribution >= 4 is 31.6 Å². The highest BCUT2D eigenvalue weighted by atomic mass is 79.9. The van der Waals surface area contributed by atoms with Gasteiger partial charge in [0.25, 0.3) is 0 Å². The van der Waals surface area contributed by atoms with E-state index in [0.29, 0.717) is 40.0 Å². The molecule has 1 aromatic carbocycles. The number of rotatable bonds is 3. The highest BCUT2D eigenvalue weighted by molar-refractivity contribution is 9.10. The second-order valence-electron chi connectivity index (χ2n) is 5.35. The van der Waals surface area contributed by atoms with Gasteiger partial charge in [-0.2, -0.15) is 4.31 Å². The Kier molecular flexibility index (Phi) is 4.23. The normalized spacial score (nSPS) is 21.2. The van der Waals surface area contributed by atoms with E-state index in [9.17, 15) is 8.42 Å². The summed E-state index contributed by atoms with van der Waals surface area (Å²) < 4.78 is 27.3. The zero-order chi connectivity index (χ0) is 14.2. The largest absolute Gasteiger partial charge is 0.399 e. The lowest BCUT2D eigenvalue weighted by molar-refractivity contribution is 0.388. The summed E-state index contributed by atoms with van der Waals surface area (Å²) in [5, 5.41) is 0. The Morgan fingerprint density at radius 3 is 2.63 bits per heavy atom. The predicted octanol–water partition coefficient (Wildman–Crippen LogP) is 2.70. The molecule has 2 rings (SSSR count). The first-order valence-corrected chi connectivity index (χ1v) is 8.61. The Labute approximate surface area is 123 Å². The molecule has 0 amide bonds. The average molecular weight is 347 g/mol. The summed E-state index contributed by atoms with van der Waals surface area (Å²) in [6.45, 7) is 5.48. The van der Waals surface area contributed by atoms with Gasteiger partial charge >= 0.3 is 0 Å². The molecule has 19 heavy (non-hydrogen) atoms. The highest BCUT2D eigenvalue weighted by Crippen LogP contribution is 2.32. The molecular formula is C13H19BrN2O2S. The van der Waals surface area contributed by atoms with E-state index < -0.39 is 10.0 Å². The number of hydrogen-bond donors (Lipinski definition) is 1. The van der Waals surface area contributed by atoms with Crippen LogP contribution in [0.4, 0.5) is 5.69 Å². The van der Waals surface area contributed by atoms with Crippen LogP contribution in [0, 0.1) is 11.8 Å². The Hall–Kier alpha value is -0.590. The summed E-state index contributed by atoms with van der Waals surface area (Å²) in [6.07, 6.45) is 0.934. The number of nitrogen functional groups attached to an aromatic ring is 1. The molecule has 1 heterocycles. The molecule has 1 fully saturated rings. The molecule has 1 aromatic rings. The number of benzene rings is 1.